The van der Waals surface area contributed by atoms with Crippen molar-refractivity contribution in [2.75, 3.05) is 25.0 Å². The summed E-state index contributed by atoms with van der Waals surface area (Å²) in [6.45, 7) is 7.21. The fourth-order valence-corrected chi connectivity index (χ4v) is 2.60. The van der Waals surface area contributed by atoms with Gasteiger partial charge < -0.3 is 14.9 Å². The standard InChI is InChI=1S/C15H22N2O2/c1-11(18)12-5-7-13(8-6-12)17-10-9-16(4)14(19)15(17,2)3/h5-8,11,18H,9-10H2,1-4H3/t11-/m0/s1. The zero-order valence-electron chi connectivity index (χ0n) is 12.1. The number of aliphatic hydroxyl groups excluding tert-OH is 1. The second-order valence-corrected chi connectivity index (χ2v) is 5.70. The Morgan fingerprint density at radius 2 is 1.79 bits per heavy atom. The zero-order chi connectivity index (χ0) is 14.2. The monoisotopic (exact) mass is 262 g/mol. The van der Waals surface area contributed by atoms with Gasteiger partial charge in [-0.3, -0.25) is 4.79 Å². The van der Waals surface area contributed by atoms with Gasteiger partial charge >= 0.3 is 0 Å². The molecule has 1 aromatic rings. The van der Waals surface area contributed by atoms with Gasteiger partial charge in [0.25, 0.3) is 0 Å². The van der Waals surface area contributed by atoms with Crippen LogP contribution in [-0.4, -0.2) is 41.6 Å². The molecule has 1 amide bonds. The van der Waals surface area contributed by atoms with Crippen LogP contribution in [0.2, 0.25) is 0 Å². The minimum atomic E-state index is -0.528. The number of carbonyl (C=O) groups excluding carboxylic acids is 1. The number of carbonyl (C=O) groups is 1. The summed E-state index contributed by atoms with van der Waals surface area (Å²) >= 11 is 0. The van der Waals surface area contributed by atoms with E-state index in [4.69, 9.17) is 0 Å². The molecule has 1 N–H and O–H groups in total. The molecule has 2 rings (SSSR count). The van der Waals surface area contributed by atoms with Gasteiger partial charge in [0.15, 0.2) is 0 Å². The molecule has 1 aromatic carbocycles. The van der Waals surface area contributed by atoms with Crippen molar-refractivity contribution < 1.29 is 9.90 Å². The lowest BCUT2D eigenvalue weighted by Gasteiger charge is -2.46. The molecule has 1 saturated heterocycles. The maximum atomic E-state index is 12.3. The van der Waals surface area contributed by atoms with Gasteiger partial charge in [0.1, 0.15) is 5.54 Å². The van der Waals surface area contributed by atoms with Gasteiger partial charge in [0.05, 0.1) is 6.10 Å². The van der Waals surface area contributed by atoms with E-state index in [0.717, 1.165) is 24.3 Å². The maximum Gasteiger partial charge on any atom is 0.247 e. The number of nitrogens with zero attached hydrogens (tertiary/aromatic N) is 2. The Morgan fingerprint density at radius 3 is 2.32 bits per heavy atom. The summed E-state index contributed by atoms with van der Waals surface area (Å²) in [6, 6.07) is 7.78. The van der Waals surface area contributed by atoms with Crippen LogP contribution in [0.25, 0.3) is 0 Å². The van der Waals surface area contributed by atoms with E-state index in [9.17, 15) is 9.90 Å². The molecule has 1 atom stereocenters. The minimum absolute atomic E-state index is 0.137. The number of rotatable bonds is 2. The highest BCUT2D eigenvalue weighted by Gasteiger charge is 2.40. The van der Waals surface area contributed by atoms with Crippen molar-refractivity contribution in [1.29, 1.82) is 0 Å². The second kappa shape index (κ2) is 4.85. The first-order valence-corrected chi connectivity index (χ1v) is 6.65. The molecule has 0 aliphatic carbocycles. The maximum absolute atomic E-state index is 12.3. The SMILES string of the molecule is C[C@H](O)c1ccc(N2CCN(C)C(=O)C2(C)C)cc1. The van der Waals surface area contributed by atoms with Crippen LogP contribution < -0.4 is 4.90 Å². The average Bonchev–Trinajstić information content (AvgIpc) is 2.36. The van der Waals surface area contributed by atoms with Crippen molar-refractivity contribution in [1.82, 2.24) is 4.90 Å². The van der Waals surface area contributed by atoms with Crippen LogP contribution >= 0.6 is 0 Å². The molecular weight excluding hydrogens is 240 g/mol. The molecule has 104 valence electrons. The average molecular weight is 262 g/mol. The van der Waals surface area contributed by atoms with Gasteiger partial charge in [-0.15, -0.1) is 0 Å². The van der Waals surface area contributed by atoms with Crippen molar-refractivity contribution in [2.45, 2.75) is 32.4 Å². The largest absolute Gasteiger partial charge is 0.389 e. The quantitative estimate of drug-likeness (QED) is 0.884. The summed E-state index contributed by atoms with van der Waals surface area (Å²) in [7, 11) is 1.85. The van der Waals surface area contributed by atoms with Gasteiger partial charge in [0, 0.05) is 25.8 Å². The van der Waals surface area contributed by atoms with Gasteiger partial charge in [-0.2, -0.15) is 0 Å². The summed E-state index contributed by atoms with van der Waals surface area (Å²) in [5.41, 5.74) is 1.39. The highest BCUT2D eigenvalue weighted by Crippen LogP contribution is 2.29. The number of hydrogen-bond acceptors (Lipinski definition) is 3. The first kappa shape index (κ1) is 13.9. The third-order valence-corrected chi connectivity index (χ3v) is 3.89. The van der Waals surface area contributed by atoms with Crippen molar-refractivity contribution in [3.63, 3.8) is 0 Å². The molecule has 0 bridgehead atoms. The Balaban J connectivity index is 2.28. The molecule has 1 aliphatic rings. The van der Waals surface area contributed by atoms with Crippen LogP contribution in [0.4, 0.5) is 5.69 Å². The molecule has 4 heteroatoms. The van der Waals surface area contributed by atoms with E-state index >= 15 is 0 Å². The van der Waals surface area contributed by atoms with Crippen molar-refractivity contribution in [3.05, 3.63) is 29.8 Å². The van der Waals surface area contributed by atoms with E-state index in [-0.39, 0.29) is 5.91 Å². The van der Waals surface area contributed by atoms with E-state index in [1.165, 1.54) is 0 Å². The van der Waals surface area contributed by atoms with Gasteiger partial charge in [-0.05, 0) is 38.5 Å². The molecule has 1 fully saturated rings. The summed E-state index contributed by atoms with van der Waals surface area (Å²) < 4.78 is 0. The van der Waals surface area contributed by atoms with Crippen molar-refractivity contribution in [2.24, 2.45) is 0 Å². The molecule has 1 aliphatic heterocycles. The lowest BCUT2D eigenvalue weighted by molar-refractivity contribution is -0.136. The Hall–Kier alpha value is -1.55. The normalized spacial score (nSPS) is 20.6. The number of likely N-dealkylation sites (N-methyl/N-ethyl adjacent to an activating group) is 1. The van der Waals surface area contributed by atoms with Crippen molar-refractivity contribution in [3.8, 4) is 0 Å². The topological polar surface area (TPSA) is 43.8 Å². The van der Waals surface area contributed by atoms with Crippen LogP contribution in [0.15, 0.2) is 24.3 Å². The lowest BCUT2D eigenvalue weighted by Crippen LogP contribution is -2.62. The number of anilines is 1. The third kappa shape index (κ3) is 2.45. The molecule has 0 aromatic heterocycles. The summed E-state index contributed by atoms with van der Waals surface area (Å²) in [4.78, 5) is 16.2. The number of piperazine rings is 1. The highest BCUT2D eigenvalue weighted by atomic mass is 16.3. The molecular formula is C15H22N2O2. The Morgan fingerprint density at radius 1 is 1.21 bits per heavy atom. The van der Waals surface area contributed by atoms with Crippen LogP contribution in [0.1, 0.15) is 32.4 Å². The number of benzene rings is 1. The lowest BCUT2D eigenvalue weighted by atomic mass is 9.96. The summed E-state index contributed by atoms with van der Waals surface area (Å²) in [6.07, 6.45) is -0.462. The highest BCUT2D eigenvalue weighted by molar-refractivity contribution is 5.90. The van der Waals surface area contributed by atoms with Gasteiger partial charge in [0.2, 0.25) is 5.91 Å². The first-order valence-electron chi connectivity index (χ1n) is 6.65. The number of amides is 1. The fourth-order valence-electron chi connectivity index (χ4n) is 2.60. The molecule has 19 heavy (non-hydrogen) atoms. The van der Waals surface area contributed by atoms with Crippen LogP contribution in [-0.2, 0) is 4.79 Å². The van der Waals surface area contributed by atoms with E-state index in [0.29, 0.717) is 0 Å². The Bertz CT molecular complexity index is 466. The number of aliphatic hydroxyl groups is 1. The molecule has 4 nitrogen and oxygen atoms in total. The van der Waals surface area contributed by atoms with Crippen LogP contribution in [0.5, 0.6) is 0 Å². The molecule has 0 unspecified atom stereocenters. The molecule has 0 spiro atoms. The Labute approximate surface area is 114 Å². The summed E-state index contributed by atoms with van der Waals surface area (Å²) in [5.74, 6) is 0.137. The third-order valence-electron chi connectivity index (χ3n) is 3.89. The van der Waals surface area contributed by atoms with Crippen LogP contribution in [0.3, 0.4) is 0 Å². The Kier molecular flexibility index (Phi) is 3.54. The second-order valence-electron chi connectivity index (χ2n) is 5.70. The summed E-state index contributed by atoms with van der Waals surface area (Å²) in [5, 5.41) is 9.53. The molecule has 0 saturated carbocycles. The molecule has 1 heterocycles. The van der Waals surface area contributed by atoms with E-state index in [1.807, 2.05) is 45.2 Å². The first-order chi connectivity index (χ1) is 8.84. The smallest absolute Gasteiger partial charge is 0.247 e. The van der Waals surface area contributed by atoms with E-state index < -0.39 is 11.6 Å². The van der Waals surface area contributed by atoms with E-state index in [2.05, 4.69) is 4.90 Å². The number of hydrogen-bond donors (Lipinski definition) is 1. The minimum Gasteiger partial charge on any atom is -0.389 e. The predicted octanol–water partition coefficient (Wildman–Crippen LogP) is 1.80. The zero-order valence-corrected chi connectivity index (χ0v) is 12.1. The van der Waals surface area contributed by atoms with Crippen molar-refractivity contribution >= 4 is 11.6 Å². The predicted molar refractivity (Wildman–Crippen MR) is 76.1 cm³/mol. The van der Waals surface area contributed by atoms with Gasteiger partial charge in [-0.25, -0.2) is 0 Å². The van der Waals surface area contributed by atoms with Gasteiger partial charge in [-0.1, -0.05) is 12.1 Å². The molecule has 0 radical (unpaired) electrons. The van der Waals surface area contributed by atoms with Crippen LogP contribution in [0, 0.1) is 0 Å². The fraction of sp³-hybridized carbons (Fsp3) is 0.533. The van der Waals surface area contributed by atoms with E-state index in [1.54, 1.807) is 11.8 Å².